The molecular weight excluding hydrogens is 346 g/mol. The first kappa shape index (κ1) is 17.3. The van der Waals surface area contributed by atoms with Crippen LogP contribution in [0.2, 0.25) is 0 Å². The fourth-order valence-corrected chi connectivity index (χ4v) is 3.32. The van der Waals surface area contributed by atoms with E-state index in [0.717, 1.165) is 17.3 Å². The van der Waals surface area contributed by atoms with E-state index in [0.29, 0.717) is 32.6 Å². The van der Waals surface area contributed by atoms with Crippen molar-refractivity contribution >= 4 is 5.91 Å². The van der Waals surface area contributed by atoms with Gasteiger partial charge in [0.15, 0.2) is 5.82 Å². The quantitative estimate of drug-likeness (QED) is 0.666. The number of hydrogen-bond donors (Lipinski definition) is 0. The predicted octanol–water partition coefficient (Wildman–Crippen LogP) is 0.929. The lowest BCUT2D eigenvalue weighted by atomic mass is 10.1. The highest BCUT2D eigenvalue weighted by atomic mass is 16.5. The van der Waals surface area contributed by atoms with Gasteiger partial charge in [-0.2, -0.15) is 5.10 Å². The maximum Gasteiger partial charge on any atom is 0.223 e. The van der Waals surface area contributed by atoms with E-state index >= 15 is 0 Å². The van der Waals surface area contributed by atoms with Crippen molar-refractivity contribution in [3.63, 3.8) is 0 Å². The van der Waals surface area contributed by atoms with Gasteiger partial charge in [-0.15, -0.1) is 10.2 Å². The van der Waals surface area contributed by atoms with Crippen LogP contribution in [0.5, 0.6) is 0 Å². The van der Waals surface area contributed by atoms with Crippen LogP contribution >= 0.6 is 0 Å². The summed E-state index contributed by atoms with van der Waals surface area (Å²) in [5.74, 6) is 1.54. The number of para-hydroxylation sites is 1. The molecule has 2 aromatic heterocycles. The van der Waals surface area contributed by atoms with Gasteiger partial charge < -0.3 is 9.64 Å². The number of rotatable bonds is 5. The van der Waals surface area contributed by atoms with Gasteiger partial charge in [-0.25, -0.2) is 4.98 Å². The molecule has 3 aromatic rings. The third-order valence-electron chi connectivity index (χ3n) is 4.71. The topological polar surface area (TPSA) is 91.0 Å². The smallest absolute Gasteiger partial charge is 0.223 e. The number of morpholine rings is 1. The zero-order chi connectivity index (χ0) is 18.6. The molecule has 140 valence electrons. The normalized spacial score (nSPS) is 17.2. The predicted molar refractivity (Wildman–Crippen MR) is 96.0 cm³/mol. The van der Waals surface area contributed by atoms with Crippen molar-refractivity contribution in [2.75, 3.05) is 19.8 Å². The number of nitrogens with zero attached hydrogens (tertiary/aromatic N) is 7. The lowest BCUT2D eigenvalue weighted by Crippen LogP contribution is -2.44. The third-order valence-corrected chi connectivity index (χ3v) is 4.71. The molecule has 0 radical (unpaired) electrons. The van der Waals surface area contributed by atoms with Gasteiger partial charge in [0.2, 0.25) is 5.91 Å². The van der Waals surface area contributed by atoms with E-state index < -0.39 is 0 Å². The molecule has 9 nitrogen and oxygen atoms in total. The summed E-state index contributed by atoms with van der Waals surface area (Å²) in [4.78, 5) is 19.0. The summed E-state index contributed by atoms with van der Waals surface area (Å²) in [7, 11) is 1.82. The Morgan fingerprint density at radius 1 is 1.30 bits per heavy atom. The molecule has 1 aliphatic rings. The Morgan fingerprint density at radius 2 is 2.15 bits per heavy atom. The summed E-state index contributed by atoms with van der Waals surface area (Å²) in [6.07, 6.45) is 4.03. The van der Waals surface area contributed by atoms with E-state index in [4.69, 9.17) is 4.74 Å². The van der Waals surface area contributed by atoms with Crippen LogP contribution in [-0.2, 0) is 23.0 Å². The minimum Gasteiger partial charge on any atom is -0.377 e. The minimum absolute atomic E-state index is 0.0499. The molecule has 1 aliphatic heterocycles. The molecular formula is C18H21N7O2. The average Bonchev–Trinajstić information content (AvgIpc) is 3.35. The Kier molecular flexibility index (Phi) is 4.93. The molecule has 1 unspecified atom stereocenters. The molecule has 1 aromatic carbocycles. The number of amides is 1. The Bertz CT molecular complexity index is 905. The van der Waals surface area contributed by atoms with Gasteiger partial charge in [0, 0.05) is 32.1 Å². The molecule has 0 spiro atoms. The van der Waals surface area contributed by atoms with E-state index in [1.165, 1.54) is 6.33 Å². The zero-order valence-electron chi connectivity index (χ0n) is 15.1. The second kappa shape index (κ2) is 7.67. The van der Waals surface area contributed by atoms with E-state index in [9.17, 15) is 4.79 Å². The van der Waals surface area contributed by atoms with Crippen molar-refractivity contribution in [1.29, 1.82) is 0 Å². The Morgan fingerprint density at radius 3 is 2.93 bits per heavy atom. The van der Waals surface area contributed by atoms with E-state index in [1.54, 1.807) is 11.0 Å². The first-order chi connectivity index (χ1) is 13.2. The molecule has 0 saturated carbocycles. The lowest BCUT2D eigenvalue weighted by molar-refractivity contribution is -0.140. The summed E-state index contributed by atoms with van der Waals surface area (Å²) in [5, 5.41) is 12.3. The molecule has 0 aliphatic carbocycles. The Hall–Kier alpha value is -3.07. The molecule has 9 heteroatoms. The summed E-state index contributed by atoms with van der Waals surface area (Å²) >= 11 is 0. The average molecular weight is 367 g/mol. The largest absolute Gasteiger partial charge is 0.377 e. The van der Waals surface area contributed by atoms with Crippen LogP contribution in [0.4, 0.5) is 0 Å². The minimum atomic E-state index is -0.217. The van der Waals surface area contributed by atoms with Crippen molar-refractivity contribution in [3.8, 4) is 5.69 Å². The molecule has 0 bridgehead atoms. The fourth-order valence-electron chi connectivity index (χ4n) is 3.32. The highest BCUT2D eigenvalue weighted by Gasteiger charge is 2.31. The number of carbonyl (C=O) groups excluding carboxylic acids is 1. The van der Waals surface area contributed by atoms with Crippen LogP contribution in [0, 0.1) is 0 Å². The van der Waals surface area contributed by atoms with E-state index in [1.807, 2.05) is 46.8 Å². The summed E-state index contributed by atoms with van der Waals surface area (Å²) < 4.78 is 9.16. The van der Waals surface area contributed by atoms with Crippen molar-refractivity contribution < 1.29 is 9.53 Å². The molecule has 4 rings (SSSR count). The molecule has 0 N–H and O–H groups in total. The van der Waals surface area contributed by atoms with Gasteiger partial charge in [0.05, 0.1) is 13.2 Å². The SMILES string of the molecule is Cn1ncnc1C1COCCN1C(=O)CCc1nncn1-c1ccccc1. The van der Waals surface area contributed by atoms with Crippen molar-refractivity contribution in [2.24, 2.45) is 7.05 Å². The second-order valence-electron chi connectivity index (χ2n) is 6.37. The van der Waals surface area contributed by atoms with Crippen molar-refractivity contribution in [3.05, 3.63) is 54.6 Å². The fraction of sp³-hybridized carbons (Fsp3) is 0.389. The number of benzene rings is 1. The van der Waals surface area contributed by atoms with Gasteiger partial charge in [-0.05, 0) is 12.1 Å². The van der Waals surface area contributed by atoms with Crippen LogP contribution in [0.1, 0.15) is 24.1 Å². The molecule has 1 amide bonds. The van der Waals surface area contributed by atoms with Crippen LogP contribution in [0.3, 0.4) is 0 Å². The van der Waals surface area contributed by atoms with Crippen LogP contribution < -0.4 is 0 Å². The molecule has 1 fully saturated rings. The van der Waals surface area contributed by atoms with E-state index in [2.05, 4.69) is 20.3 Å². The number of aromatic nitrogens is 6. The van der Waals surface area contributed by atoms with Crippen LogP contribution in [-0.4, -0.2) is 60.1 Å². The second-order valence-corrected chi connectivity index (χ2v) is 6.37. The number of aryl methyl sites for hydroxylation is 2. The summed E-state index contributed by atoms with van der Waals surface area (Å²) in [6, 6.07) is 9.64. The summed E-state index contributed by atoms with van der Waals surface area (Å²) in [6.45, 7) is 1.50. The zero-order valence-corrected chi connectivity index (χ0v) is 15.1. The number of hydrogen-bond acceptors (Lipinski definition) is 6. The highest BCUT2D eigenvalue weighted by Crippen LogP contribution is 2.23. The first-order valence-electron chi connectivity index (χ1n) is 8.89. The van der Waals surface area contributed by atoms with Gasteiger partial charge in [-0.3, -0.25) is 14.0 Å². The van der Waals surface area contributed by atoms with Crippen LogP contribution in [0.15, 0.2) is 43.0 Å². The molecule has 1 saturated heterocycles. The van der Waals surface area contributed by atoms with Gasteiger partial charge >= 0.3 is 0 Å². The standard InChI is InChI=1S/C18H21N7O2/c1-23-18(19-12-21-23)15-11-27-10-9-24(15)17(26)8-7-16-22-20-13-25(16)14-5-3-2-4-6-14/h2-6,12-13,15H,7-11H2,1H3. The monoisotopic (exact) mass is 367 g/mol. The van der Waals surface area contributed by atoms with Crippen molar-refractivity contribution in [2.45, 2.75) is 18.9 Å². The molecule has 27 heavy (non-hydrogen) atoms. The Balaban J connectivity index is 1.46. The Labute approximate surface area is 156 Å². The van der Waals surface area contributed by atoms with E-state index in [-0.39, 0.29) is 11.9 Å². The van der Waals surface area contributed by atoms with Gasteiger partial charge in [-0.1, -0.05) is 18.2 Å². The van der Waals surface area contributed by atoms with Gasteiger partial charge in [0.25, 0.3) is 0 Å². The van der Waals surface area contributed by atoms with Crippen molar-refractivity contribution in [1.82, 2.24) is 34.4 Å². The maximum atomic E-state index is 12.9. The number of ether oxygens (including phenoxy) is 1. The highest BCUT2D eigenvalue weighted by molar-refractivity contribution is 5.77. The van der Waals surface area contributed by atoms with Crippen LogP contribution in [0.25, 0.3) is 5.69 Å². The molecule has 3 heterocycles. The lowest BCUT2D eigenvalue weighted by Gasteiger charge is -2.34. The number of carbonyl (C=O) groups is 1. The molecule has 1 atom stereocenters. The van der Waals surface area contributed by atoms with Gasteiger partial charge in [0.1, 0.15) is 24.5 Å². The maximum absolute atomic E-state index is 12.9. The first-order valence-corrected chi connectivity index (χ1v) is 8.89. The summed E-state index contributed by atoms with van der Waals surface area (Å²) in [5.41, 5.74) is 0.980. The third kappa shape index (κ3) is 3.59.